The first-order valence-electron chi connectivity index (χ1n) is 5.50. The molecule has 2 unspecified atom stereocenters. The molecule has 1 saturated carbocycles. The standard InChI is InChI=1S/C10H16N4O2/c1-7-3-4-8(5-7)12-10-9(14(15)16)11-6-13(10)2/h6-8,12H,3-5H2,1-2H3. The van der Waals surface area contributed by atoms with Gasteiger partial charge in [-0.25, -0.2) is 0 Å². The number of aryl methyl sites for hydroxylation is 1. The number of aromatic nitrogens is 2. The van der Waals surface area contributed by atoms with Crippen LogP contribution < -0.4 is 5.32 Å². The van der Waals surface area contributed by atoms with E-state index in [-0.39, 0.29) is 5.82 Å². The summed E-state index contributed by atoms with van der Waals surface area (Å²) in [5, 5.41) is 14.0. The second-order valence-corrected chi connectivity index (χ2v) is 4.54. The molecular formula is C10H16N4O2. The van der Waals surface area contributed by atoms with E-state index in [0.717, 1.165) is 12.8 Å². The number of rotatable bonds is 3. The van der Waals surface area contributed by atoms with Crippen LogP contribution in [-0.2, 0) is 7.05 Å². The minimum atomic E-state index is -0.444. The Morgan fingerprint density at radius 2 is 2.38 bits per heavy atom. The average Bonchev–Trinajstić information content (AvgIpc) is 2.76. The predicted octanol–water partition coefficient (Wildman–Crippen LogP) is 1.93. The lowest BCUT2D eigenvalue weighted by atomic mass is 10.1. The van der Waals surface area contributed by atoms with Gasteiger partial charge in [0, 0.05) is 13.1 Å². The van der Waals surface area contributed by atoms with Gasteiger partial charge in [-0.2, -0.15) is 0 Å². The maximum Gasteiger partial charge on any atom is 0.406 e. The van der Waals surface area contributed by atoms with E-state index in [4.69, 9.17) is 0 Å². The molecule has 6 heteroatoms. The zero-order valence-corrected chi connectivity index (χ0v) is 9.51. The summed E-state index contributed by atoms with van der Waals surface area (Å²) in [6.45, 7) is 2.21. The Hall–Kier alpha value is -1.59. The third-order valence-corrected chi connectivity index (χ3v) is 3.13. The van der Waals surface area contributed by atoms with E-state index in [1.54, 1.807) is 11.6 Å². The van der Waals surface area contributed by atoms with E-state index in [2.05, 4.69) is 17.2 Å². The topological polar surface area (TPSA) is 73.0 Å². The number of imidazole rings is 1. The Kier molecular flexibility index (Phi) is 2.80. The molecule has 1 fully saturated rings. The predicted molar refractivity (Wildman–Crippen MR) is 60.3 cm³/mol. The molecular weight excluding hydrogens is 208 g/mol. The van der Waals surface area contributed by atoms with E-state index in [1.165, 1.54) is 12.7 Å². The summed E-state index contributed by atoms with van der Waals surface area (Å²) < 4.78 is 1.67. The Bertz CT molecular complexity index is 402. The van der Waals surface area contributed by atoms with Crippen LogP contribution in [0.4, 0.5) is 11.6 Å². The molecule has 2 rings (SSSR count). The fourth-order valence-electron chi connectivity index (χ4n) is 2.25. The average molecular weight is 224 g/mol. The third-order valence-electron chi connectivity index (χ3n) is 3.13. The molecule has 6 nitrogen and oxygen atoms in total. The Morgan fingerprint density at radius 3 is 2.94 bits per heavy atom. The van der Waals surface area contributed by atoms with Crippen LogP contribution in [0, 0.1) is 16.0 Å². The Morgan fingerprint density at radius 1 is 1.62 bits per heavy atom. The summed E-state index contributed by atoms with van der Waals surface area (Å²) in [5.41, 5.74) is 0. The molecule has 1 heterocycles. The fraction of sp³-hybridized carbons (Fsp3) is 0.700. The second-order valence-electron chi connectivity index (χ2n) is 4.54. The monoisotopic (exact) mass is 224 g/mol. The van der Waals surface area contributed by atoms with Crippen LogP contribution in [0.5, 0.6) is 0 Å². The van der Waals surface area contributed by atoms with Crippen LogP contribution >= 0.6 is 0 Å². The lowest BCUT2D eigenvalue weighted by molar-refractivity contribution is -0.388. The Balaban J connectivity index is 2.14. The zero-order chi connectivity index (χ0) is 11.7. The molecule has 1 aliphatic rings. The van der Waals surface area contributed by atoms with Crippen molar-refractivity contribution in [2.75, 3.05) is 5.32 Å². The molecule has 16 heavy (non-hydrogen) atoms. The number of nitrogens with zero attached hydrogens (tertiary/aromatic N) is 3. The van der Waals surface area contributed by atoms with E-state index < -0.39 is 4.92 Å². The summed E-state index contributed by atoms with van der Waals surface area (Å²) in [4.78, 5) is 14.1. The molecule has 1 N–H and O–H groups in total. The van der Waals surface area contributed by atoms with Gasteiger partial charge in [0.1, 0.15) is 0 Å². The number of hydrogen-bond acceptors (Lipinski definition) is 4. The van der Waals surface area contributed by atoms with Crippen molar-refractivity contribution < 1.29 is 4.92 Å². The highest BCUT2D eigenvalue weighted by atomic mass is 16.6. The van der Waals surface area contributed by atoms with Crippen LogP contribution in [-0.4, -0.2) is 20.5 Å². The number of nitro groups is 1. The third kappa shape index (κ3) is 2.00. The minimum absolute atomic E-state index is 0.0814. The van der Waals surface area contributed by atoms with Gasteiger partial charge in [0.15, 0.2) is 0 Å². The van der Waals surface area contributed by atoms with E-state index >= 15 is 0 Å². The molecule has 1 aliphatic carbocycles. The SMILES string of the molecule is CC1CCC(Nc2c([N+](=O)[O-])ncn2C)C1. The van der Waals surface area contributed by atoms with Gasteiger partial charge in [-0.05, 0) is 35.1 Å². The number of anilines is 1. The van der Waals surface area contributed by atoms with Crippen molar-refractivity contribution in [2.24, 2.45) is 13.0 Å². The molecule has 0 bridgehead atoms. The van der Waals surface area contributed by atoms with Crippen LogP contribution in [0.1, 0.15) is 26.2 Å². The molecule has 0 amide bonds. The first-order valence-corrected chi connectivity index (χ1v) is 5.50. The lowest BCUT2D eigenvalue weighted by Gasteiger charge is -2.13. The minimum Gasteiger partial charge on any atom is -0.362 e. The highest BCUT2D eigenvalue weighted by molar-refractivity contribution is 5.52. The van der Waals surface area contributed by atoms with Gasteiger partial charge in [-0.3, -0.25) is 4.57 Å². The van der Waals surface area contributed by atoms with E-state index in [9.17, 15) is 10.1 Å². The first kappa shape index (κ1) is 10.9. The maximum absolute atomic E-state index is 10.8. The molecule has 88 valence electrons. The van der Waals surface area contributed by atoms with E-state index in [0.29, 0.717) is 17.8 Å². The van der Waals surface area contributed by atoms with Crippen LogP contribution in [0.3, 0.4) is 0 Å². The normalized spacial score (nSPS) is 24.6. The van der Waals surface area contributed by atoms with Crippen molar-refractivity contribution in [3.05, 3.63) is 16.4 Å². The molecule has 0 aromatic carbocycles. The van der Waals surface area contributed by atoms with Crippen LogP contribution in [0.25, 0.3) is 0 Å². The van der Waals surface area contributed by atoms with Gasteiger partial charge in [-0.15, -0.1) is 0 Å². The highest BCUT2D eigenvalue weighted by Gasteiger charge is 2.26. The van der Waals surface area contributed by atoms with Crippen molar-refractivity contribution in [1.82, 2.24) is 9.55 Å². The van der Waals surface area contributed by atoms with Gasteiger partial charge in [0.2, 0.25) is 12.1 Å². The fourth-order valence-corrected chi connectivity index (χ4v) is 2.25. The molecule has 0 spiro atoms. The second kappa shape index (κ2) is 4.11. The van der Waals surface area contributed by atoms with Crippen LogP contribution in [0.2, 0.25) is 0 Å². The summed E-state index contributed by atoms with van der Waals surface area (Å²) in [7, 11) is 1.76. The summed E-state index contributed by atoms with van der Waals surface area (Å²) in [5.74, 6) is 1.14. The summed E-state index contributed by atoms with van der Waals surface area (Å²) >= 11 is 0. The zero-order valence-electron chi connectivity index (χ0n) is 9.51. The van der Waals surface area contributed by atoms with E-state index in [1.807, 2.05) is 0 Å². The number of nitrogens with one attached hydrogen (secondary N) is 1. The van der Waals surface area contributed by atoms with Gasteiger partial charge in [0.05, 0.1) is 0 Å². The summed E-state index contributed by atoms with van der Waals surface area (Å²) in [6, 6.07) is 0.337. The van der Waals surface area contributed by atoms with Gasteiger partial charge >= 0.3 is 5.82 Å². The van der Waals surface area contributed by atoms with Gasteiger partial charge in [0.25, 0.3) is 0 Å². The quantitative estimate of drug-likeness (QED) is 0.629. The van der Waals surface area contributed by atoms with Crippen molar-refractivity contribution >= 4 is 11.6 Å². The molecule has 0 radical (unpaired) electrons. The highest BCUT2D eigenvalue weighted by Crippen LogP contribution is 2.30. The Labute approximate surface area is 93.8 Å². The summed E-state index contributed by atoms with van der Waals surface area (Å²) in [6.07, 6.45) is 4.80. The largest absolute Gasteiger partial charge is 0.406 e. The lowest BCUT2D eigenvalue weighted by Crippen LogP contribution is -2.18. The van der Waals surface area contributed by atoms with Gasteiger partial charge < -0.3 is 15.4 Å². The van der Waals surface area contributed by atoms with Crippen LogP contribution in [0.15, 0.2) is 6.33 Å². The molecule has 0 aliphatic heterocycles. The van der Waals surface area contributed by atoms with Crippen molar-refractivity contribution in [3.8, 4) is 0 Å². The van der Waals surface area contributed by atoms with Crippen molar-refractivity contribution in [1.29, 1.82) is 0 Å². The number of hydrogen-bond donors (Lipinski definition) is 1. The molecule has 1 aromatic heterocycles. The van der Waals surface area contributed by atoms with Gasteiger partial charge in [-0.1, -0.05) is 6.92 Å². The molecule has 1 aromatic rings. The molecule has 0 saturated heterocycles. The van der Waals surface area contributed by atoms with Crippen molar-refractivity contribution in [2.45, 2.75) is 32.2 Å². The first-order chi connectivity index (χ1) is 7.58. The van der Waals surface area contributed by atoms with Crippen molar-refractivity contribution in [3.63, 3.8) is 0 Å². The molecule has 2 atom stereocenters. The smallest absolute Gasteiger partial charge is 0.362 e. The maximum atomic E-state index is 10.8.